The molecule has 2 aromatic heterocycles. The predicted molar refractivity (Wildman–Crippen MR) is 127 cm³/mol. The molecule has 0 radical (unpaired) electrons. The molecule has 0 N–H and O–H groups in total. The molecular formula is C27H32N3+. The molecule has 30 heavy (non-hydrogen) atoms. The Kier molecular flexibility index (Phi) is 5.38. The molecule has 0 saturated carbocycles. The molecule has 0 aliphatic rings. The summed E-state index contributed by atoms with van der Waals surface area (Å²) in [7, 11) is 4.20. The Morgan fingerprint density at radius 3 is 2.03 bits per heavy atom. The number of hydrogen-bond donors (Lipinski definition) is 0. The van der Waals surface area contributed by atoms with Crippen molar-refractivity contribution in [3.8, 4) is 16.9 Å². The highest BCUT2D eigenvalue weighted by Crippen LogP contribution is 2.31. The average molecular weight is 399 g/mol. The van der Waals surface area contributed by atoms with Gasteiger partial charge in [0.25, 0.3) is 6.33 Å². The van der Waals surface area contributed by atoms with Gasteiger partial charge >= 0.3 is 0 Å². The van der Waals surface area contributed by atoms with Gasteiger partial charge in [0.05, 0.1) is 0 Å². The summed E-state index contributed by atoms with van der Waals surface area (Å²) in [4.78, 5) is 2.18. The Morgan fingerprint density at radius 2 is 1.40 bits per heavy atom. The average Bonchev–Trinajstić information content (AvgIpc) is 3.17. The van der Waals surface area contributed by atoms with Crippen LogP contribution in [0.5, 0.6) is 0 Å². The quantitative estimate of drug-likeness (QED) is 0.365. The Labute approximate surface area is 180 Å². The highest BCUT2D eigenvalue weighted by Gasteiger charge is 2.22. The van der Waals surface area contributed by atoms with E-state index in [0.29, 0.717) is 11.8 Å². The zero-order chi connectivity index (χ0) is 21.4. The van der Waals surface area contributed by atoms with Gasteiger partial charge in [0, 0.05) is 36.5 Å². The van der Waals surface area contributed by atoms with Crippen LogP contribution in [0.1, 0.15) is 50.7 Å². The van der Waals surface area contributed by atoms with Gasteiger partial charge in [-0.3, -0.25) is 0 Å². The third-order valence-electron chi connectivity index (χ3n) is 5.83. The Bertz CT molecular complexity index is 1160. The summed E-state index contributed by atoms with van der Waals surface area (Å²) in [5.74, 6) is 0.922. The van der Waals surface area contributed by atoms with Crippen LogP contribution in [0, 0.1) is 0 Å². The molecule has 0 amide bonds. The van der Waals surface area contributed by atoms with Gasteiger partial charge in [-0.2, -0.15) is 4.40 Å². The first-order chi connectivity index (χ1) is 14.4. The number of nitrogens with zero attached hydrogens (tertiary/aromatic N) is 3. The van der Waals surface area contributed by atoms with Crippen molar-refractivity contribution in [1.82, 2.24) is 4.40 Å². The first-order valence-corrected chi connectivity index (χ1v) is 10.8. The third kappa shape index (κ3) is 3.49. The number of para-hydroxylation sites is 2. The lowest BCUT2D eigenvalue weighted by atomic mass is 9.92. The molecule has 3 nitrogen and oxygen atoms in total. The van der Waals surface area contributed by atoms with Gasteiger partial charge in [-0.25, -0.2) is 4.57 Å². The normalized spacial score (nSPS) is 11.6. The molecule has 0 aliphatic heterocycles. The van der Waals surface area contributed by atoms with Crippen molar-refractivity contribution in [3.63, 3.8) is 0 Å². The second-order valence-corrected chi connectivity index (χ2v) is 8.86. The van der Waals surface area contributed by atoms with Crippen LogP contribution in [0.25, 0.3) is 22.5 Å². The van der Waals surface area contributed by atoms with E-state index in [9.17, 15) is 0 Å². The maximum absolute atomic E-state index is 2.32. The number of imidazole rings is 1. The maximum atomic E-state index is 2.32. The predicted octanol–water partition coefficient (Wildman–Crippen LogP) is 6.20. The van der Waals surface area contributed by atoms with Crippen molar-refractivity contribution in [2.75, 3.05) is 19.0 Å². The van der Waals surface area contributed by atoms with E-state index in [-0.39, 0.29) is 0 Å². The second-order valence-electron chi connectivity index (χ2n) is 8.86. The van der Waals surface area contributed by atoms with Crippen LogP contribution in [0.2, 0.25) is 0 Å². The minimum atomic E-state index is 0.461. The van der Waals surface area contributed by atoms with E-state index in [1.165, 1.54) is 39.3 Å². The van der Waals surface area contributed by atoms with Crippen molar-refractivity contribution >= 4 is 11.2 Å². The molecular weight excluding hydrogens is 366 g/mol. The lowest BCUT2D eigenvalue weighted by Crippen LogP contribution is -2.31. The Morgan fingerprint density at radius 1 is 0.767 bits per heavy atom. The molecule has 4 rings (SSSR count). The Hall–Kier alpha value is -3.07. The SMILES string of the molecule is CC(C)c1cccc(C(C)C)c1-[n+]1cc2cccc(-c3ccccc3N(C)C)n2c1. The zero-order valence-electron chi connectivity index (χ0n) is 18.9. The van der Waals surface area contributed by atoms with Crippen LogP contribution in [-0.2, 0) is 0 Å². The first kappa shape index (κ1) is 20.2. The first-order valence-electron chi connectivity index (χ1n) is 10.8. The standard InChI is InChI=1S/C27H32N3/c1-19(2)22-13-10-14-23(20(3)4)27(22)29-17-21-11-9-16-26(30(21)18-29)24-12-7-8-15-25(24)28(5)6/h7-20H,1-6H3/q+1. The van der Waals surface area contributed by atoms with Gasteiger partial charge in [-0.1, -0.05) is 64.1 Å². The highest BCUT2D eigenvalue weighted by atomic mass is 15.1. The van der Waals surface area contributed by atoms with Gasteiger partial charge in [-0.05, 0) is 36.1 Å². The third-order valence-corrected chi connectivity index (χ3v) is 5.83. The van der Waals surface area contributed by atoms with Crippen molar-refractivity contribution < 1.29 is 4.57 Å². The smallest absolute Gasteiger partial charge is 0.254 e. The number of rotatable bonds is 5. The molecule has 0 aliphatic carbocycles. The minimum Gasteiger partial charge on any atom is -0.377 e. The number of pyridine rings is 1. The highest BCUT2D eigenvalue weighted by molar-refractivity contribution is 5.77. The molecule has 2 aromatic carbocycles. The second kappa shape index (κ2) is 7.98. The number of aromatic nitrogens is 2. The summed E-state index contributed by atoms with van der Waals surface area (Å²) in [6.07, 6.45) is 4.50. The fourth-order valence-electron chi connectivity index (χ4n) is 4.30. The molecule has 0 fully saturated rings. The fourth-order valence-corrected chi connectivity index (χ4v) is 4.30. The topological polar surface area (TPSA) is 11.5 Å². The van der Waals surface area contributed by atoms with Crippen molar-refractivity contribution in [2.45, 2.75) is 39.5 Å². The van der Waals surface area contributed by atoms with E-state index in [2.05, 4.69) is 129 Å². The van der Waals surface area contributed by atoms with E-state index < -0.39 is 0 Å². The zero-order valence-corrected chi connectivity index (χ0v) is 18.9. The molecule has 0 unspecified atom stereocenters. The summed E-state index contributed by atoms with van der Waals surface area (Å²) < 4.78 is 4.63. The molecule has 3 heteroatoms. The minimum absolute atomic E-state index is 0.461. The maximum Gasteiger partial charge on any atom is 0.254 e. The Balaban J connectivity index is 1.98. The van der Waals surface area contributed by atoms with Gasteiger partial charge in [0.15, 0.2) is 5.52 Å². The van der Waals surface area contributed by atoms with Crippen LogP contribution in [0.4, 0.5) is 5.69 Å². The summed E-state index contributed by atoms with van der Waals surface area (Å²) in [5, 5.41) is 0. The lowest BCUT2D eigenvalue weighted by molar-refractivity contribution is -0.595. The summed E-state index contributed by atoms with van der Waals surface area (Å²) >= 11 is 0. The van der Waals surface area contributed by atoms with Gasteiger partial charge in [-0.15, -0.1) is 0 Å². The van der Waals surface area contributed by atoms with Crippen LogP contribution < -0.4 is 9.47 Å². The molecule has 2 heterocycles. The fraction of sp³-hybridized carbons (Fsp3) is 0.296. The largest absolute Gasteiger partial charge is 0.377 e. The molecule has 4 aromatic rings. The number of anilines is 1. The van der Waals surface area contributed by atoms with E-state index in [1.54, 1.807) is 0 Å². The van der Waals surface area contributed by atoms with Gasteiger partial charge in [0.2, 0.25) is 0 Å². The monoisotopic (exact) mass is 398 g/mol. The van der Waals surface area contributed by atoms with Crippen LogP contribution >= 0.6 is 0 Å². The molecule has 154 valence electrons. The molecule has 0 saturated heterocycles. The summed E-state index contributed by atoms with van der Waals surface area (Å²) in [5.41, 5.74) is 8.93. The molecule has 0 atom stereocenters. The van der Waals surface area contributed by atoms with Gasteiger partial charge < -0.3 is 4.90 Å². The van der Waals surface area contributed by atoms with E-state index in [0.717, 1.165) is 0 Å². The summed E-state index contributed by atoms with van der Waals surface area (Å²) in [6, 6.07) is 21.9. The van der Waals surface area contributed by atoms with Crippen LogP contribution in [0.15, 0.2) is 73.2 Å². The molecule has 0 spiro atoms. The lowest BCUT2D eigenvalue weighted by Gasteiger charge is -2.16. The number of hydrogen-bond acceptors (Lipinski definition) is 1. The number of benzene rings is 2. The van der Waals surface area contributed by atoms with E-state index in [4.69, 9.17) is 0 Å². The van der Waals surface area contributed by atoms with Crippen molar-refractivity contribution in [3.05, 3.63) is 84.3 Å². The van der Waals surface area contributed by atoms with E-state index in [1.807, 2.05) is 0 Å². The number of fused-ring (bicyclic) bond motifs is 1. The van der Waals surface area contributed by atoms with Crippen molar-refractivity contribution in [2.24, 2.45) is 0 Å². The van der Waals surface area contributed by atoms with Gasteiger partial charge in [0.1, 0.15) is 17.6 Å². The van der Waals surface area contributed by atoms with Crippen molar-refractivity contribution in [1.29, 1.82) is 0 Å². The van der Waals surface area contributed by atoms with E-state index >= 15 is 0 Å². The van der Waals surface area contributed by atoms with Crippen LogP contribution in [-0.4, -0.2) is 18.5 Å². The summed E-state index contributed by atoms with van der Waals surface area (Å²) in [6.45, 7) is 9.10. The molecule has 0 bridgehead atoms. The van der Waals surface area contributed by atoms with Crippen LogP contribution in [0.3, 0.4) is 0 Å².